The standard InChI is InChI=1S/C23H19N5O4.2ClH/c1-32-22-20(23(29)28-31)18-12-24-11-10-19(18)27-21(22)16-4-2-14(3-5-16)15-6-8-17(9-7-15)25-13-26-30;;/h2-13,30-31H,1H3,(H,25,26)(H,28,29);2*1H. The molecule has 4 aromatic rings. The number of hydrogen-bond acceptors (Lipinski definition) is 7. The van der Waals surface area contributed by atoms with Crippen LogP contribution in [-0.4, -0.2) is 39.7 Å². The normalized spacial score (nSPS) is 10.3. The SMILES string of the molecule is COc1c(-c2ccc(-c3ccc(N=CNO)cc3)cc2)nc2ccncc2c1C(=O)NO.Cl.Cl. The number of nitrogens with zero attached hydrogens (tertiary/aromatic N) is 3. The highest BCUT2D eigenvalue weighted by Gasteiger charge is 2.22. The number of aromatic nitrogens is 2. The quantitative estimate of drug-likeness (QED) is 0.132. The van der Waals surface area contributed by atoms with Crippen molar-refractivity contribution >= 4 is 53.7 Å². The molecule has 0 spiro atoms. The highest BCUT2D eigenvalue weighted by molar-refractivity contribution is 6.09. The van der Waals surface area contributed by atoms with Gasteiger partial charge in [-0.3, -0.25) is 25.7 Å². The summed E-state index contributed by atoms with van der Waals surface area (Å²) in [6.07, 6.45) is 4.28. The Hall–Kier alpha value is -3.76. The largest absolute Gasteiger partial charge is 0.494 e. The number of ether oxygens (including phenoxy) is 1. The molecular weight excluding hydrogens is 481 g/mol. The van der Waals surface area contributed by atoms with Gasteiger partial charge in [-0.1, -0.05) is 36.4 Å². The lowest BCUT2D eigenvalue weighted by molar-refractivity contribution is 0.0705. The molecule has 4 N–H and O–H groups in total. The smallest absolute Gasteiger partial charge is 0.279 e. The molecule has 1 amide bonds. The number of fused-ring (bicyclic) bond motifs is 1. The van der Waals surface area contributed by atoms with Gasteiger partial charge in [0.2, 0.25) is 0 Å². The Bertz CT molecular complexity index is 1300. The van der Waals surface area contributed by atoms with Crippen LogP contribution in [0.5, 0.6) is 5.75 Å². The summed E-state index contributed by atoms with van der Waals surface area (Å²) in [6, 6.07) is 16.8. The molecule has 0 aliphatic heterocycles. The monoisotopic (exact) mass is 501 g/mol. The molecule has 11 heteroatoms. The van der Waals surface area contributed by atoms with Crippen molar-refractivity contribution in [3.05, 3.63) is 72.6 Å². The van der Waals surface area contributed by atoms with Crippen LogP contribution in [0.1, 0.15) is 10.4 Å². The van der Waals surface area contributed by atoms with Gasteiger partial charge in [0, 0.05) is 23.3 Å². The van der Waals surface area contributed by atoms with Crippen LogP contribution >= 0.6 is 24.8 Å². The number of nitrogens with one attached hydrogen (secondary N) is 2. The van der Waals surface area contributed by atoms with E-state index in [0.717, 1.165) is 16.7 Å². The summed E-state index contributed by atoms with van der Waals surface area (Å²) in [4.78, 5) is 25.1. The molecule has 0 fully saturated rings. The molecular formula is C23H21Cl2N5O4. The molecule has 2 aromatic heterocycles. The minimum atomic E-state index is -0.709. The first-order valence-corrected chi connectivity index (χ1v) is 9.55. The van der Waals surface area contributed by atoms with Gasteiger partial charge in [0.15, 0.2) is 5.75 Å². The van der Waals surface area contributed by atoms with Gasteiger partial charge in [-0.15, -0.1) is 24.8 Å². The molecule has 34 heavy (non-hydrogen) atoms. The second kappa shape index (κ2) is 11.9. The van der Waals surface area contributed by atoms with Gasteiger partial charge in [0.05, 0.1) is 23.9 Å². The summed E-state index contributed by atoms with van der Waals surface area (Å²) in [5.41, 5.74) is 8.11. The Kier molecular flexibility index (Phi) is 9.28. The summed E-state index contributed by atoms with van der Waals surface area (Å²) in [7, 11) is 1.45. The van der Waals surface area contributed by atoms with E-state index in [0.29, 0.717) is 22.3 Å². The van der Waals surface area contributed by atoms with Crippen LogP contribution in [-0.2, 0) is 0 Å². The van der Waals surface area contributed by atoms with Crippen molar-refractivity contribution in [1.82, 2.24) is 20.9 Å². The number of hydroxylamine groups is 2. The van der Waals surface area contributed by atoms with Gasteiger partial charge >= 0.3 is 0 Å². The van der Waals surface area contributed by atoms with Gasteiger partial charge in [-0.25, -0.2) is 15.5 Å². The zero-order valence-corrected chi connectivity index (χ0v) is 19.4. The molecule has 176 valence electrons. The van der Waals surface area contributed by atoms with E-state index in [4.69, 9.17) is 9.94 Å². The fraction of sp³-hybridized carbons (Fsp3) is 0.0435. The van der Waals surface area contributed by atoms with Gasteiger partial charge in [0.1, 0.15) is 12.0 Å². The van der Waals surface area contributed by atoms with Crippen molar-refractivity contribution in [3.8, 4) is 28.1 Å². The van der Waals surface area contributed by atoms with Crippen LogP contribution in [0.4, 0.5) is 5.69 Å². The summed E-state index contributed by atoms with van der Waals surface area (Å²) in [6.45, 7) is 0. The van der Waals surface area contributed by atoms with Crippen molar-refractivity contribution in [3.63, 3.8) is 0 Å². The highest BCUT2D eigenvalue weighted by Crippen LogP contribution is 2.36. The van der Waals surface area contributed by atoms with Crippen LogP contribution in [0.25, 0.3) is 33.3 Å². The van der Waals surface area contributed by atoms with Gasteiger partial charge in [0.25, 0.3) is 5.91 Å². The van der Waals surface area contributed by atoms with E-state index in [9.17, 15) is 10.0 Å². The Morgan fingerprint density at radius 1 is 0.971 bits per heavy atom. The number of benzene rings is 2. The number of methoxy groups -OCH3 is 1. The zero-order valence-electron chi connectivity index (χ0n) is 17.8. The summed E-state index contributed by atoms with van der Waals surface area (Å²) < 4.78 is 5.52. The average Bonchev–Trinajstić information content (AvgIpc) is 2.86. The molecule has 0 saturated heterocycles. The molecule has 0 saturated carbocycles. The number of carbonyl (C=O) groups is 1. The van der Waals surface area contributed by atoms with E-state index < -0.39 is 5.91 Å². The van der Waals surface area contributed by atoms with Gasteiger partial charge < -0.3 is 4.74 Å². The Balaban J connectivity index is 0.00000204. The third-order valence-corrected chi connectivity index (χ3v) is 4.90. The lowest BCUT2D eigenvalue weighted by Crippen LogP contribution is -2.20. The van der Waals surface area contributed by atoms with E-state index in [-0.39, 0.29) is 36.1 Å². The molecule has 0 atom stereocenters. The van der Waals surface area contributed by atoms with Gasteiger partial charge in [-0.05, 0) is 29.3 Å². The minimum Gasteiger partial charge on any atom is -0.494 e. The topological polar surface area (TPSA) is 129 Å². The number of aliphatic imine (C=N–C) groups is 1. The van der Waals surface area contributed by atoms with Crippen LogP contribution in [0, 0.1) is 0 Å². The lowest BCUT2D eigenvalue weighted by Gasteiger charge is -2.15. The van der Waals surface area contributed by atoms with Crippen LogP contribution < -0.4 is 15.7 Å². The number of hydrogen-bond donors (Lipinski definition) is 4. The van der Waals surface area contributed by atoms with E-state index in [1.54, 1.807) is 17.7 Å². The van der Waals surface area contributed by atoms with Crippen molar-refractivity contribution in [2.75, 3.05) is 7.11 Å². The fourth-order valence-electron chi connectivity index (χ4n) is 3.43. The highest BCUT2D eigenvalue weighted by atomic mass is 35.5. The maximum atomic E-state index is 12.4. The molecule has 4 rings (SSSR count). The van der Waals surface area contributed by atoms with Crippen molar-refractivity contribution < 1.29 is 19.9 Å². The summed E-state index contributed by atoms with van der Waals surface area (Å²) in [5, 5.41) is 18.3. The number of halogens is 2. The molecule has 0 aliphatic carbocycles. The molecule has 2 heterocycles. The number of amides is 1. The second-order valence-corrected chi connectivity index (χ2v) is 6.71. The Morgan fingerprint density at radius 2 is 1.59 bits per heavy atom. The first-order chi connectivity index (χ1) is 15.7. The van der Waals surface area contributed by atoms with E-state index in [1.807, 2.05) is 54.0 Å². The molecule has 0 bridgehead atoms. The summed E-state index contributed by atoms with van der Waals surface area (Å²) >= 11 is 0. The summed E-state index contributed by atoms with van der Waals surface area (Å²) in [5.74, 6) is -0.469. The molecule has 0 radical (unpaired) electrons. The lowest BCUT2D eigenvalue weighted by atomic mass is 9.99. The maximum absolute atomic E-state index is 12.4. The average molecular weight is 502 g/mol. The Labute approximate surface area is 207 Å². The molecule has 0 aliphatic rings. The first-order valence-electron chi connectivity index (χ1n) is 9.55. The van der Waals surface area contributed by atoms with E-state index >= 15 is 0 Å². The van der Waals surface area contributed by atoms with E-state index in [1.165, 1.54) is 19.6 Å². The Morgan fingerprint density at radius 3 is 2.18 bits per heavy atom. The van der Waals surface area contributed by atoms with Crippen molar-refractivity contribution in [2.45, 2.75) is 0 Å². The third-order valence-electron chi connectivity index (χ3n) is 4.90. The number of carbonyl (C=O) groups excluding carboxylic acids is 1. The fourth-order valence-corrected chi connectivity index (χ4v) is 3.43. The maximum Gasteiger partial charge on any atom is 0.279 e. The van der Waals surface area contributed by atoms with Crippen molar-refractivity contribution in [2.24, 2.45) is 4.99 Å². The van der Waals surface area contributed by atoms with E-state index in [2.05, 4.69) is 15.0 Å². The minimum absolute atomic E-state index is 0. The molecule has 9 nitrogen and oxygen atoms in total. The van der Waals surface area contributed by atoms with Crippen LogP contribution in [0.2, 0.25) is 0 Å². The molecule has 2 aromatic carbocycles. The van der Waals surface area contributed by atoms with Gasteiger partial charge in [-0.2, -0.15) is 0 Å². The van der Waals surface area contributed by atoms with Crippen LogP contribution in [0.3, 0.4) is 0 Å². The van der Waals surface area contributed by atoms with Crippen LogP contribution in [0.15, 0.2) is 72.0 Å². The third kappa shape index (κ3) is 5.24. The first kappa shape index (κ1) is 26.5. The zero-order chi connectivity index (χ0) is 22.5. The van der Waals surface area contributed by atoms with Crippen molar-refractivity contribution in [1.29, 1.82) is 0 Å². The predicted molar refractivity (Wildman–Crippen MR) is 134 cm³/mol. The number of pyridine rings is 2. The number of rotatable bonds is 6. The second-order valence-electron chi connectivity index (χ2n) is 6.71. The predicted octanol–water partition coefficient (Wildman–Crippen LogP) is 4.57. The molecule has 0 unspecified atom stereocenters.